The number of aromatic nitrogens is 2. The summed E-state index contributed by atoms with van der Waals surface area (Å²) in [5, 5.41) is 14.0. The highest BCUT2D eigenvalue weighted by molar-refractivity contribution is 5.60. The van der Waals surface area contributed by atoms with Crippen LogP contribution in [0.1, 0.15) is 32.1 Å². The summed E-state index contributed by atoms with van der Waals surface area (Å²) in [5.41, 5.74) is -0.198. The maximum atomic E-state index is 11.0. The second-order valence-electron chi connectivity index (χ2n) is 4.70. The molecule has 1 aliphatic carbocycles. The van der Waals surface area contributed by atoms with E-state index in [9.17, 15) is 10.1 Å². The van der Waals surface area contributed by atoms with Crippen molar-refractivity contribution in [2.24, 2.45) is 5.92 Å². The highest BCUT2D eigenvalue weighted by Crippen LogP contribution is 2.31. The van der Waals surface area contributed by atoms with Crippen LogP contribution >= 0.6 is 0 Å². The third kappa shape index (κ3) is 3.30. The van der Waals surface area contributed by atoms with Gasteiger partial charge in [0.05, 0.1) is 12.0 Å². The van der Waals surface area contributed by atoms with E-state index in [0.717, 1.165) is 12.3 Å². The monoisotopic (exact) mass is 266 g/mol. The number of methoxy groups -OCH3 is 1. The molecular formula is C12H18N4O3. The largest absolute Gasteiger partial charge is 0.476 e. The van der Waals surface area contributed by atoms with Crippen LogP contribution in [0, 0.1) is 16.0 Å². The van der Waals surface area contributed by atoms with E-state index in [1.165, 1.54) is 39.1 Å². The van der Waals surface area contributed by atoms with Crippen molar-refractivity contribution in [2.75, 3.05) is 19.0 Å². The lowest BCUT2D eigenvalue weighted by molar-refractivity contribution is -0.385. The predicted octanol–water partition coefficient (Wildman–Crippen LogP) is 2.39. The average Bonchev–Trinajstić information content (AvgIpc) is 2.91. The molecule has 1 aromatic rings. The fourth-order valence-electron chi connectivity index (χ4n) is 2.50. The first-order valence-corrected chi connectivity index (χ1v) is 6.49. The van der Waals surface area contributed by atoms with Crippen LogP contribution in [0.2, 0.25) is 0 Å². The van der Waals surface area contributed by atoms with E-state index >= 15 is 0 Å². The Morgan fingerprint density at radius 1 is 1.47 bits per heavy atom. The molecule has 1 heterocycles. The van der Waals surface area contributed by atoms with Crippen molar-refractivity contribution in [3.05, 3.63) is 16.4 Å². The summed E-state index contributed by atoms with van der Waals surface area (Å²) < 4.78 is 4.89. The summed E-state index contributed by atoms with van der Waals surface area (Å²) in [6.45, 7) is 0.686. The lowest BCUT2D eigenvalue weighted by Crippen LogP contribution is -2.10. The second-order valence-corrected chi connectivity index (χ2v) is 4.70. The van der Waals surface area contributed by atoms with Crippen LogP contribution in [-0.4, -0.2) is 28.5 Å². The Bertz CT molecular complexity index is 447. The molecule has 0 aliphatic heterocycles. The van der Waals surface area contributed by atoms with Gasteiger partial charge in [-0.15, -0.1) is 0 Å². The van der Waals surface area contributed by atoms with E-state index in [-0.39, 0.29) is 17.4 Å². The number of nitrogens with zero attached hydrogens (tertiary/aromatic N) is 3. The van der Waals surface area contributed by atoms with Crippen molar-refractivity contribution in [2.45, 2.75) is 32.1 Å². The first-order chi connectivity index (χ1) is 9.22. The Morgan fingerprint density at radius 2 is 2.21 bits per heavy atom. The molecule has 0 unspecified atom stereocenters. The van der Waals surface area contributed by atoms with Crippen molar-refractivity contribution in [3.8, 4) is 5.88 Å². The third-order valence-corrected chi connectivity index (χ3v) is 3.48. The van der Waals surface area contributed by atoms with Crippen LogP contribution in [0.5, 0.6) is 5.88 Å². The molecule has 1 aliphatic rings. The van der Waals surface area contributed by atoms with Crippen molar-refractivity contribution < 1.29 is 9.66 Å². The highest BCUT2D eigenvalue weighted by Gasteiger charge is 2.24. The van der Waals surface area contributed by atoms with Crippen molar-refractivity contribution >= 4 is 11.5 Å². The molecule has 7 heteroatoms. The molecule has 7 nitrogen and oxygen atoms in total. The molecule has 1 N–H and O–H groups in total. The molecule has 1 saturated carbocycles. The predicted molar refractivity (Wildman–Crippen MR) is 70.3 cm³/mol. The van der Waals surface area contributed by atoms with Gasteiger partial charge in [-0.3, -0.25) is 10.1 Å². The van der Waals surface area contributed by atoms with E-state index in [2.05, 4.69) is 15.3 Å². The van der Waals surface area contributed by atoms with Gasteiger partial charge in [-0.05, 0) is 12.3 Å². The number of anilines is 1. The zero-order valence-corrected chi connectivity index (χ0v) is 11.0. The molecule has 0 bridgehead atoms. The standard InChI is InChI=1S/C12H18N4O3/c1-19-12-10(16(17)18)11(14-8-15-12)13-7-6-9-4-2-3-5-9/h8-9H,2-7H2,1H3,(H,13,14,15). The Balaban J connectivity index is 2.00. The summed E-state index contributed by atoms with van der Waals surface area (Å²) in [6, 6.07) is 0. The highest BCUT2D eigenvalue weighted by atomic mass is 16.6. The first-order valence-electron chi connectivity index (χ1n) is 6.49. The number of nitrogens with one attached hydrogen (secondary N) is 1. The minimum absolute atomic E-state index is 0.0108. The number of hydrogen-bond acceptors (Lipinski definition) is 6. The van der Waals surface area contributed by atoms with Gasteiger partial charge in [0.25, 0.3) is 5.88 Å². The van der Waals surface area contributed by atoms with Crippen molar-refractivity contribution in [1.29, 1.82) is 0 Å². The zero-order valence-electron chi connectivity index (χ0n) is 11.0. The summed E-state index contributed by atoms with van der Waals surface area (Å²) in [6.07, 6.45) is 7.40. The van der Waals surface area contributed by atoms with Crippen LogP contribution in [0.4, 0.5) is 11.5 Å². The normalized spacial score (nSPS) is 15.4. The van der Waals surface area contributed by atoms with Crippen LogP contribution in [0.15, 0.2) is 6.33 Å². The molecule has 0 aromatic carbocycles. The molecule has 1 fully saturated rings. The lowest BCUT2D eigenvalue weighted by atomic mass is 10.0. The minimum atomic E-state index is -0.517. The average molecular weight is 266 g/mol. The molecule has 2 rings (SSSR count). The van der Waals surface area contributed by atoms with Gasteiger partial charge in [-0.1, -0.05) is 25.7 Å². The maximum Gasteiger partial charge on any atom is 0.372 e. The van der Waals surface area contributed by atoms with Crippen LogP contribution < -0.4 is 10.1 Å². The smallest absolute Gasteiger partial charge is 0.372 e. The number of ether oxygens (including phenoxy) is 1. The van der Waals surface area contributed by atoms with Gasteiger partial charge in [0.1, 0.15) is 6.33 Å². The molecule has 104 valence electrons. The Morgan fingerprint density at radius 3 is 2.84 bits per heavy atom. The Hall–Kier alpha value is -1.92. The minimum Gasteiger partial charge on any atom is -0.476 e. The molecule has 0 saturated heterocycles. The van der Waals surface area contributed by atoms with Gasteiger partial charge in [0.15, 0.2) is 0 Å². The second kappa shape index (κ2) is 6.31. The molecular weight excluding hydrogens is 248 g/mol. The lowest BCUT2D eigenvalue weighted by Gasteiger charge is -2.10. The van der Waals surface area contributed by atoms with Crippen LogP contribution in [-0.2, 0) is 0 Å². The Kier molecular flexibility index (Phi) is 4.48. The van der Waals surface area contributed by atoms with E-state index in [1.54, 1.807) is 0 Å². The van der Waals surface area contributed by atoms with Crippen LogP contribution in [0.3, 0.4) is 0 Å². The first kappa shape index (κ1) is 13.5. The molecule has 0 spiro atoms. The van der Waals surface area contributed by atoms with E-state index in [1.807, 2.05) is 0 Å². The van der Waals surface area contributed by atoms with Gasteiger partial charge >= 0.3 is 5.69 Å². The molecule has 0 atom stereocenters. The summed E-state index contributed by atoms with van der Waals surface area (Å²) in [7, 11) is 1.36. The number of hydrogen-bond donors (Lipinski definition) is 1. The van der Waals surface area contributed by atoms with E-state index in [4.69, 9.17) is 4.74 Å². The van der Waals surface area contributed by atoms with E-state index in [0.29, 0.717) is 6.54 Å². The maximum absolute atomic E-state index is 11.0. The van der Waals surface area contributed by atoms with Crippen LogP contribution in [0.25, 0.3) is 0 Å². The molecule has 0 radical (unpaired) electrons. The summed E-state index contributed by atoms with van der Waals surface area (Å²) in [4.78, 5) is 18.2. The number of nitro groups is 1. The van der Waals surface area contributed by atoms with E-state index < -0.39 is 4.92 Å². The summed E-state index contributed by atoms with van der Waals surface area (Å²) >= 11 is 0. The molecule has 1 aromatic heterocycles. The fourth-order valence-corrected chi connectivity index (χ4v) is 2.50. The molecule has 19 heavy (non-hydrogen) atoms. The fraction of sp³-hybridized carbons (Fsp3) is 0.667. The summed E-state index contributed by atoms with van der Waals surface area (Å²) in [5.74, 6) is 0.952. The van der Waals surface area contributed by atoms with Crippen molar-refractivity contribution in [3.63, 3.8) is 0 Å². The van der Waals surface area contributed by atoms with Gasteiger partial charge in [-0.2, -0.15) is 4.98 Å². The van der Waals surface area contributed by atoms with Gasteiger partial charge in [-0.25, -0.2) is 4.98 Å². The number of rotatable bonds is 6. The zero-order chi connectivity index (χ0) is 13.7. The quantitative estimate of drug-likeness (QED) is 0.628. The SMILES string of the molecule is COc1ncnc(NCCC2CCCC2)c1[N+](=O)[O-]. The van der Waals surface area contributed by atoms with Gasteiger partial charge < -0.3 is 10.1 Å². The van der Waals surface area contributed by atoms with Crippen molar-refractivity contribution in [1.82, 2.24) is 9.97 Å². The topological polar surface area (TPSA) is 90.2 Å². The molecule has 0 amide bonds. The van der Waals surface area contributed by atoms with Gasteiger partial charge in [0.2, 0.25) is 5.82 Å². The Labute approximate surface area is 111 Å². The third-order valence-electron chi connectivity index (χ3n) is 3.48. The van der Waals surface area contributed by atoms with Gasteiger partial charge in [0, 0.05) is 6.54 Å².